The summed E-state index contributed by atoms with van der Waals surface area (Å²) in [6, 6.07) is 16.4. The van der Waals surface area contributed by atoms with Gasteiger partial charge in [0.25, 0.3) is 10.8 Å². The Bertz CT molecular complexity index is 1870. The molecule has 0 unspecified atom stereocenters. The van der Waals surface area contributed by atoms with Crippen LogP contribution in [-0.4, -0.2) is 13.5 Å². The maximum Gasteiger partial charge on any atom is 0.339 e. The van der Waals surface area contributed by atoms with E-state index in [9.17, 15) is 23.1 Å². The lowest BCUT2D eigenvalue weighted by Crippen LogP contribution is -2.48. The number of nitrogens with zero attached hydrogens (tertiary/aromatic N) is 5. The molecule has 0 aromatic heterocycles. The molecule has 13 heteroatoms. The van der Waals surface area contributed by atoms with Crippen molar-refractivity contribution >= 4 is 20.9 Å². The maximum absolute atomic E-state index is 13.2. The standard InChI is InChI=1S/C23H14N6O6S/c24-28-26-20-19-17(22(31)23(32)21(20)27-29-25)2-1-3-18(19)36(33,34)35-16-10-6-14(7-11-16)12-13-4-8-15(30)9-5-13/h1-11,25H,12H2/p+1. The number of diazo groups is 1. The van der Waals surface area contributed by atoms with Crippen LogP contribution in [0.25, 0.3) is 15.9 Å². The second kappa shape index (κ2) is 9.65. The zero-order valence-corrected chi connectivity index (χ0v) is 19.0. The molecule has 36 heavy (non-hydrogen) atoms. The predicted octanol–water partition coefficient (Wildman–Crippen LogP) is 2.02. The van der Waals surface area contributed by atoms with Crippen molar-refractivity contribution in [1.82, 2.24) is 0 Å². The number of aromatic hydroxyl groups is 1. The van der Waals surface area contributed by atoms with E-state index in [-0.39, 0.29) is 22.3 Å². The van der Waals surface area contributed by atoms with Gasteiger partial charge in [-0.3, -0.25) is 9.59 Å². The molecule has 0 spiro atoms. The van der Waals surface area contributed by atoms with E-state index in [2.05, 4.69) is 20.5 Å². The van der Waals surface area contributed by atoms with Gasteiger partial charge in [-0.15, -0.1) is 5.10 Å². The molecule has 0 bridgehead atoms. The van der Waals surface area contributed by atoms with E-state index in [1.54, 1.807) is 36.4 Å². The topological polar surface area (TPSA) is 187 Å². The van der Waals surface area contributed by atoms with Crippen LogP contribution in [0.15, 0.2) is 96.6 Å². The Morgan fingerprint density at radius 3 is 2.17 bits per heavy atom. The predicted molar refractivity (Wildman–Crippen MR) is 125 cm³/mol. The van der Waals surface area contributed by atoms with Crippen molar-refractivity contribution in [3.63, 3.8) is 0 Å². The molecule has 0 aliphatic heterocycles. The first kappa shape index (κ1) is 24.0. The number of phenols is 1. The summed E-state index contributed by atoms with van der Waals surface area (Å²) in [4.78, 5) is 24.4. The third kappa shape index (κ3) is 4.61. The highest BCUT2D eigenvalue weighted by Gasteiger charge is 2.25. The van der Waals surface area contributed by atoms with Gasteiger partial charge < -0.3 is 9.29 Å². The van der Waals surface area contributed by atoms with Gasteiger partial charge in [0.1, 0.15) is 16.4 Å². The van der Waals surface area contributed by atoms with Crippen LogP contribution in [0.2, 0.25) is 0 Å². The van der Waals surface area contributed by atoms with Gasteiger partial charge in [0.15, 0.2) is 15.8 Å². The molecule has 4 rings (SSSR count). The zero-order chi connectivity index (χ0) is 25.9. The van der Waals surface area contributed by atoms with E-state index in [0.29, 0.717) is 6.42 Å². The molecule has 0 amide bonds. The highest BCUT2D eigenvalue weighted by atomic mass is 32.2. The number of hydrogen-bond acceptors (Lipinski definition) is 10. The van der Waals surface area contributed by atoms with Gasteiger partial charge in [0.05, 0.1) is 0 Å². The van der Waals surface area contributed by atoms with Crippen molar-refractivity contribution in [3.8, 4) is 11.5 Å². The first-order chi connectivity index (χ1) is 17.2. The summed E-state index contributed by atoms with van der Waals surface area (Å²) in [5.74, 6) is 0.121. The fourth-order valence-electron chi connectivity index (χ4n) is 3.60. The van der Waals surface area contributed by atoms with Crippen LogP contribution in [0.3, 0.4) is 0 Å². The first-order valence-corrected chi connectivity index (χ1v) is 11.6. The van der Waals surface area contributed by atoms with Crippen LogP contribution in [-0.2, 0) is 16.5 Å². The zero-order valence-electron chi connectivity index (χ0n) is 18.2. The Morgan fingerprint density at radius 2 is 1.56 bits per heavy atom. The number of phenolic OH excluding ortho intramolecular Hbond substituents is 1. The minimum atomic E-state index is -4.59. The second-order valence-corrected chi connectivity index (χ2v) is 8.96. The van der Waals surface area contributed by atoms with Gasteiger partial charge in [0, 0.05) is 10.8 Å². The third-order valence-corrected chi connectivity index (χ3v) is 6.48. The maximum atomic E-state index is 13.2. The van der Waals surface area contributed by atoms with E-state index < -0.39 is 36.6 Å². The van der Waals surface area contributed by atoms with Gasteiger partial charge in [-0.1, -0.05) is 41.6 Å². The second-order valence-electron chi connectivity index (χ2n) is 7.45. The molecule has 0 saturated heterocycles. The molecule has 0 atom stereocenters. The summed E-state index contributed by atoms with van der Waals surface area (Å²) in [5.41, 5.74) is 6.39. The summed E-state index contributed by atoms with van der Waals surface area (Å²) in [5, 5.41) is 28.3. The van der Waals surface area contributed by atoms with Crippen molar-refractivity contribution in [2.75, 3.05) is 0 Å². The quantitative estimate of drug-likeness (QED) is 0.132. The molecule has 0 saturated carbocycles. The van der Waals surface area contributed by atoms with Crippen molar-refractivity contribution in [1.29, 1.82) is 10.9 Å². The summed E-state index contributed by atoms with van der Waals surface area (Å²) in [6.07, 6.45) is 0.531. The van der Waals surface area contributed by atoms with E-state index in [4.69, 9.17) is 15.1 Å². The van der Waals surface area contributed by atoms with Crippen LogP contribution in [0.4, 0.5) is 0 Å². The van der Waals surface area contributed by atoms with Crippen LogP contribution in [0.5, 0.6) is 11.5 Å². The van der Waals surface area contributed by atoms with Gasteiger partial charge in [0.2, 0.25) is 5.43 Å². The summed E-state index contributed by atoms with van der Waals surface area (Å²) < 4.78 is 31.6. The van der Waals surface area contributed by atoms with E-state index in [0.717, 1.165) is 17.2 Å². The summed E-state index contributed by atoms with van der Waals surface area (Å²) in [7, 11) is -4.59. The molecule has 0 aliphatic rings. The largest absolute Gasteiger partial charge is 0.508 e. The molecule has 0 radical (unpaired) electrons. The third-order valence-electron chi connectivity index (χ3n) is 5.19. The molecule has 4 aromatic carbocycles. The van der Waals surface area contributed by atoms with E-state index in [1.165, 1.54) is 24.3 Å². The summed E-state index contributed by atoms with van der Waals surface area (Å²) in [6.45, 7) is 0. The van der Waals surface area contributed by atoms with Crippen molar-refractivity contribution < 1.29 is 17.7 Å². The van der Waals surface area contributed by atoms with Gasteiger partial charge in [-0.05, 0) is 47.9 Å². The molecule has 4 aromatic rings. The average Bonchev–Trinajstić information content (AvgIpc) is 2.86. The molecular weight excluding hydrogens is 488 g/mol. The molecule has 2 N–H and O–H groups in total. The minimum absolute atomic E-state index is 0.0272. The van der Waals surface area contributed by atoms with Gasteiger partial charge in [-0.25, -0.2) is 0 Å². The summed E-state index contributed by atoms with van der Waals surface area (Å²) >= 11 is 0. The number of fused-ring (bicyclic) bond motifs is 1. The van der Waals surface area contributed by atoms with Crippen LogP contribution in [0, 0.1) is 10.9 Å². The Morgan fingerprint density at radius 1 is 0.917 bits per heavy atom. The Labute approximate surface area is 202 Å². The molecule has 0 aliphatic carbocycles. The van der Waals surface area contributed by atoms with Crippen molar-refractivity contribution in [2.45, 2.75) is 11.3 Å². The smallest absolute Gasteiger partial charge is 0.339 e. The highest BCUT2D eigenvalue weighted by Crippen LogP contribution is 2.24. The van der Waals surface area contributed by atoms with E-state index >= 15 is 0 Å². The average molecular weight is 503 g/mol. The normalized spacial score (nSPS) is 12.4. The molecule has 12 nitrogen and oxygen atoms in total. The number of benzene rings is 4. The fourth-order valence-corrected chi connectivity index (χ4v) is 4.75. The first-order valence-electron chi connectivity index (χ1n) is 10.2. The van der Waals surface area contributed by atoms with Crippen molar-refractivity contribution in [2.24, 2.45) is 15.4 Å². The Balaban J connectivity index is 1.79. The lowest BCUT2D eigenvalue weighted by molar-refractivity contribution is 0.475. The molecule has 178 valence electrons. The van der Waals surface area contributed by atoms with Gasteiger partial charge in [-0.2, -0.15) is 13.9 Å². The Kier molecular flexibility index (Phi) is 6.44. The van der Waals surface area contributed by atoms with Gasteiger partial charge >= 0.3 is 15.2 Å². The molecule has 0 fully saturated rings. The fraction of sp³-hybridized carbons (Fsp3) is 0.0435. The Hall–Kier alpha value is -5.09. The SMILES string of the molecule is N#[N+]N=c1c(=NN=N)c(=O)c(=O)c2cccc(S(=O)(=O)Oc3ccc(Cc4ccc(O)cc4)cc3)c12. The monoisotopic (exact) mass is 503 g/mol. The number of nitrogens with one attached hydrogen (secondary N) is 1. The highest BCUT2D eigenvalue weighted by molar-refractivity contribution is 7.87. The van der Waals surface area contributed by atoms with Crippen molar-refractivity contribution in [3.05, 3.63) is 114 Å². The number of hydrogen-bond donors (Lipinski definition) is 2. The minimum Gasteiger partial charge on any atom is -0.508 e. The van der Waals surface area contributed by atoms with Crippen LogP contribution >= 0.6 is 0 Å². The number of rotatable bonds is 6. The van der Waals surface area contributed by atoms with Crippen LogP contribution in [0.1, 0.15) is 11.1 Å². The van der Waals surface area contributed by atoms with E-state index in [1.807, 2.05) is 0 Å². The molecular formula is C23H15N6O6S+. The lowest BCUT2D eigenvalue weighted by atomic mass is 10.1. The lowest BCUT2D eigenvalue weighted by Gasteiger charge is -2.10. The molecule has 0 heterocycles. The van der Waals surface area contributed by atoms with Crippen LogP contribution < -0.4 is 25.8 Å².